The van der Waals surface area contributed by atoms with E-state index in [0.717, 1.165) is 6.42 Å². The third-order valence-corrected chi connectivity index (χ3v) is 5.78. The van der Waals surface area contributed by atoms with Crippen molar-refractivity contribution in [3.63, 3.8) is 0 Å². The molecule has 1 aliphatic heterocycles. The Labute approximate surface area is 212 Å². The van der Waals surface area contributed by atoms with E-state index in [0.29, 0.717) is 67.8 Å². The van der Waals surface area contributed by atoms with Gasteiger partial charge >= 0.3 is 0 Å². The Morgan fingerprint density at radius 3 is 2.25 bits per heavy atom. The minimum atomic E-state index is -0.761. The molecule has 1 saturated heterocycles. The molecular weight excluding hydrogens is 462 g/mol. The Bertz CT molecular complexity index is 1080. The highest BCUT2D eigenvalue weighted by Crippen LogP contribution is 2.42. The number of nitrogens with zero attached hydrogens (tertiary/aromatic N) is 1. The van der Waals surface area contributed by atoms with Gasteiger partial charge in [-0.05, 0) is 56.5 Å². The maximum absolute atomic E-state index is 13.3. The first-order chi connectivity index (χ1) is 17.5. The molecule has 0 spiro atoms. The van der Waals surface area contributed by atoms with E-state index in [9.17, 15) is 14.7 Å². The summed E-state index contributed by atoms with van der Waals surface area (Å²) in [5.74, 6) is -0.0387. The van der Waals surface area contributed by atoms with Crippen LogP contribution in [0.25, 0.3) is 5.76 Å². The number of ether oxygens (including phenoxy) is 4. The summed E-state index contributed by atoms with van der Waals surface area (Å²) >= 11 is 0. The van der Waals surface area contributed by atoms with Gasteiger partial charge in [0.2, 0.25) is 0 Å². The molecule has 3 rings (SSSR count). The van der Waals surface area contributed by atoms with Crippen LogP contribution in [0.2, 0.25) is 0 Å². The first-order valence-electron chi connectivity index (χ1n) is 12.4. The topological polar surface area (TPSA) is 94.5 Å². The number of hydrogen-bond donors (Lipinski definition) is 1. The molecule has 1 atom stereocenters. The Morgan fingerprint density at radius 2 is 1.61 bits per heavy atom. The van der Waals surface area contributed by atoms with Gasteiger partial charge in [-0.1, -0.05) is 19.1 Å². The zero-order chi connectivity index (χ0) is 26.1. The maximum Gasteiger partial charge on any atom is 0.295 e. The van der Waals surface area contributed by atoms with Crippen molar-refractivity contribution < 1.29 is 33.6 Å². The van der Waals surface area contributed by atoms with Gasteiger partial charge in [0.05, 0.1) is 37.0 Å². The number of amides is 1. The number of aliphatic hydroxyl groups is 1. The molecule has 0 aromatic heterocycles. The number of likely N-dealkylation sites (tertiary alicyclic amines) is 1. The molecule has 1 N–H and O–H groups in total. The van der Waals surface area contributed by atoms with Crippen LogP contribution in [-0.4, -0.2) is 61.8 Å². The van der Waals surface area contributed by atoms with Gasteiger partial charge in [0.15, 0.2) is 0 Å². The predicted octanol–water partition coefficient (Wildman–Crippen LogP) is 4.73. The number of hydrogen-bond acceptors (Lipinski definition) is 7. The number of methoxy groups -OCH3 is 1. The van der Waals surface area contributed by atoms with Crippen LogP contribution in [0.5, 0.6) is 17.2 Å². The molecular formula is C28H35NO7. The van der Waals surface area contributed by atoms with Gasteiger partial charge in [-0.15, -0.1) is 0 Å². The van der Waals surface area contributed by atoms with Crippen LogP contribution in [0.4, 0.5) is 0 Å². The summed E-state index contributed by atoms with van der Waals surface area (Å²) < 4.78 is 22.1. The quantitative estimate of drug-likeness (QED) is 0.185. The van der Waals surface area contributed by atoms with E-state index in [1.54, 1.807) is 25.3 Å². The molecule has 1 heterocycles. The molecule has 1 amide bonds. The average Bonchev–Trinajstić information content (AvgIpc) is 3.13. The fourth-order valence-electron chi connectivity index (χ4n) is 4.18. The highest BCUT2D eigenvalue weighted by molar-refractivity contribution is 6.46. The molecule has 36 heavy (non-hydrogen) atoms. The van der Waals surface area contributed by atoms with Crippen molar-refractivity contribution in [1.82, 2.24) is 4.90 Å². The summed E-state index contributed by atoms with van der Waals surface area (Å²) in [5, 5.41) is 11.4. The van der Waals surface area contributed by atoms with Crippen LogP contribution in [0.1, 0.15) is 50.8 Å². The van der Waals surface area contributed by atoms with Gasteiger partial charge in [0.25, 0.3) is 11.7 Å². The van der Waals surface area contributed by atoms with Crippen molar-refractivity contribution in [3.05, 3.63) is 59.2 Å². The first kappa shape index (κ1) is 27.1. The van der Waals surface area contributed by atoms with Crippen molar-refractivity contribution in [2.75, 3.05) is 40.1 Å². The van der Waals surface area contributed by atoms with E-state index < -0.39 is 17.7 Å². The number of ketones is 1. The molecule has 0 aliphatic carbocycles. The molecule has 0 radical (unpaired) electrons. The summed E-state index contributed by atoms with van der Waals surface area (Å²) in [6.07, 6.45) is 1.43. The third-order valence-electron chi connectivity index (χ3n) is 5.78. The molecule has 0 saturated carbocycles. The third kappa shape index (κ3) is 5.99. The van der Waals surface area contributed by atoms with Crippen molar-refractivity contribution in [3.8, 4) is 17.2 Å². The Morgan fingerprint density at radius 1 is 0.917 bits per heavy atom. The number of carbonyl (C=O) groups excluding carboxylic acids is 2. The molecule has 8 nitrogen and oxygen atoms in total. The lowest BCUT2D eigenvalue weighted by atomic mass is 9.94. The lowest BCUT2D eigenvalue weighted by Gasteiger charge is -2.25. The number of rotatable bonds is 13. The summed E-state index contributed by atoms with van der Waals surface area (Å²) in [6.45, 7) is 7.88. The van der Waals surface area contributed by atoms with Gasteiger partial charge in [-0.2, -0.15) is 0 Å². The zero-order valence-electron chi connectivity index (χ0n) is 21.4. The van der Waals surface area contributed by atoms with Crippen LogP contribution < -0.4 is 14.2 Å². The number of benzene rings is 2. The zero-order valence-corrected chi connectivity index (χ0v) is 21.4. The van der Waals surface area contributed by atoms with Gasteiger partial charge in [0, 0.05) is 26.3 Å². The molecule has 2 aromatic carbocycles. The smallest absolute Gasteiger partial charge is 0.295 e. The second-order valence-corrected chi connectivity index (χ2v) is 8.28. The van der Waals surface area contributed by atoms with Crippen LogP contribution >= 0.6 is 0 Å². The number of aliphatic hydroxyl groups excluding tert-OH is 1. The largest absolute Gasteiger partial charge is 0.507 e. The van der Waals surface area contributed by atoms with Crippen molar-refractivity contribution >= 4 is 17.4 Å². The van der Waals surface area contributed by atoms with E-state index in [2.05, 4.69) is 0 Å². The first-order valence-corrected chi connectivity index (χ1v) is 12.4. The highest BCUT2D eigenvalue weighted by Gasteiger charge is 2.46. The molecule has 2 aromatic rings. The molecule has 1 unspecified atom stereocenters. The van der Waals surface area contributed by atoms with Gasteiger partial charge in [-0.25, -0.2) is 0 Å². The Balaban J connectivity index is 2.11. The fraction of sp³-hybridized carbons (Fsp3) is 0.429. The standard InChI is InChI=1S/C28H35NO7/c1-5-16-36-20-11-9-19(10-12-20)25-24(27(31)28(32)29(25)15-8-17-33-4)26(30)22-14-13-21(34-6-2)18-23(22)35-7-3/h9-14,18,25,30H,5-8,15-17H2,1-4H3/b26-24-. The van der Waals surface area contributed by atoms with E-state index in [-0.39, 0.29) is 11.3 Å². The average molecular weight is 498 g/mol. The highest BCUT2D eigenvalue weighted by atomic mass is 16.5. The normalized spacial score (nSPS) is 16.9. The van der Waals surface area contributed by atoms with Crippen LogP contribution in [0.3, 0.4) is 0 Å². The minimum absolute atomic E-state index is 0.0183. The van der Waals surface area contributed by atoms with Gasteiger partial charge in [-0.3, -0.25) is 9.59 Å². The fourth-order valence-corrected chi connectivity index (χ4v) is 4.18. The van der Waals surface area contributed by atoms with Crippen LogP contribution in [0.15, 0.2) is 48.0 Å². The van der Waals surface area contributed by atoms with E-state index >= 15 is 0 Å². The maximum atomic E-state index is 13.3. The summed E-state index contributed by atoms with van der Waals surface area (Å²) in [7, 11) is 1.59. The predicted molar refractivity (Wildman–Crippen MR) is 137 cm³/mol. The number of Topliss-reactive ketones (excluding diaryl/α,β-unsaturated/α-hetero) is 1. The Kier molecular flexibility index (Phi) is 9.76. The number of carbonyl (C=O) groups is 2. The van der Waals surface area contributed by atoms with E-state index in [1.807, 2.05) is 45.0 Å². The lowest BCUT2D eigenvalue weighted by molar-refractivity contribution is -0.140. The minimum Gasteiger partial charge on any atom is -0.507 e. The Hall–Kier alpha value is -3.52. The SMILES string of the molecule is CCCOc1ccc(C2/C(=C(/O)c3ccc(OCC)cc3OCC)C(=O)C(=O)N2CCCOC)cc1. The van der Waals surface area contributed by atoms with Crippen molar-refractivity contribution in [1.29, 1.82) is 0 Å². The monoisotopic (exact) mass is 497 g/mol. The molecule has 1 fully saturated rings. The van der Waals surface area contributed by atoms with Crippen molar-refractivity contribution in [2.24, 2.45) is 0 Å². The van der Waals surface area contributed by atoms with E-state index in [1.165, 1.54) is 4.90 Å². The van der Waals surface area contributed by atoms with E-state index in [4.69, 9.17) is 18.9 Å². The van der Waals surface area contributed by atoms with Crippen LogP contribution in [-0.2, 0) is 14.3 Å². The summed E-state index contributed by atoms with van der Waals surface area (Å²) in [6, 6.07) is 11.5. The van der Waals surface area contributed by atoms with Crippen LogP contribution in [0, 0.1) is 0 Å². The van der Waals surface area contributed by atoms with Crippen molar-refractivity contribution in [2.45, 2.75) is 39.7 Å². The second kappa shape index (κ2) is 13.0. The molecule has 0 bridgehead atoms. The molecule has 8 heteroatoms. The second-order valence-electron chi connectivity index (χ2n) is 8.28. The summed E-state index contributed by atoms with van der Waals surface area (Å²) in [4.78, 5) is 27.9. The van der Waals surface area contributed by atoms with Gasteiger partial charge < -0.3 is 29.0 Å². The lowest BCUT2D eigenvalue weighted by Crippen LogP contribution is -2.31. The summed E-state index contributed by atoms with van der Waals surface area (Å²) in [5.41, 5.74) is 1.04. The van der Waals surface area contributed by atoms with Gasteiger partial charge in [0.1, 0.15) is 23.0 Å². The molecule has 194 valence electrons. The molecule has 1 aliphatic rings.